The van der Waals surface area contributed by atoms with Crippen molar-refractivity contribution >= 4 is 5.57 Å². The topological polar surface area (TPSA) is 0 Å². The monoisotopic (exact) mass is 362 g/mol. The molecule has 142 valence electrons. The molecule has 1 saturated carbocycles. The zero-order valence-corrected chi connectivity index (χ0v) is 17.1. The van der Waals surface area contributed by atoms with Crippen molar-refractivity contribution in [2.24, 2.45) is 11.3 Å². The average Bonchev–Trinajstić information content (AvgIpc) is 3.46. The molecule has 1 aliphatic carbocycles. The van der Waals surface area contributed by atoms with E-state index in [1.54, 1.807) is 12.1 Å². The maximum Gasteiger partial charge on any atom is 0.123 e. The third-order valence-electron chi connectivity index (χ3n) is 5.74. The Morgan fingerprint density at radius 3 is 2.26 bits per heavy atom. The average molecular weight is 363 g/mol. The van der Waals surface area contributed by atoms with Gasteiger partial charge < -0.3 is 0 Å². The van der Waals surface area contributed by atoms with Crippen LogP contribution >= 0.6 is 0 Å². The van der Waals surface area contributed by atoms with E-state index in [4.69, 9.17) is 0 Å². The summed E-state index contributed by atoms with van der Waals surface area (Å²) in [6.45, 7) is 13.6. The lowest BCUT2D eigenvalue weighted by atomic mass is 9.71. The third kappa shape index (κ3) is 4.24. The Balaban J connectivity index is 2.33. The van der Waals surface area contributed by atoms with Crippen LogP contribution in [-0.4, -0.2) is 0 Å². The second-order valence-electron chi connectivity index (χ2n) is 8.51. The molecular formula is C26H31F. The van der Waals surface area contributed by atoms with Gasteiger partial charge in [0.2, 0.25) is 0 Å². The lowest BCUT2D eigenvalue weighted by molar-refractivity contribution is 0.406. The molecule has 0 atom stereocenters. The lowest BCUT2D eigenvalue weighted by Crippen LogP contribution is -2.19. The number of rotatable bonds is 7. The largest absolute Gasteiger partial charge is 0.207 e. The highest BCUT2D eigenvalue weighted by Crippen LogP contribution is 2.50. The van der Waals surface area contributed by atoms with E-state index in [9.17, 15) is 4.39 Å². The van der Waals surface area contributed by atoms with Crippen LogP contribution in [0, 0.1) is 24.1 Å². The summed E-state index contributed by atoms with van der Waals surface area (Å²) in [5, 5.41) is 0. The Bertz CT molecular complexity index is 848. The summed E-state index contributed by atoms with van der Waals surface area (Å²) in [6.07, 6.45) is 4.69. The van der Waals surface area contributed by atoms with Crippen molar-refractivity contribution in [1.29, 1.82) is 0 Å². The Hall–Kier alpha value is -2.15. The van der Waals surface area contributed by atoms with Crippen molar-refractivity contribution in [3.63, 3.8) is 0 Å². The van der Waals surface area contributed by atoms with E-state index >= 15 is 0 Å². The van der Waals surface area contributed by atoms with E-state index in [1.165, 1.54) is 40.7 Å². The summed E-state index contributed by atoms with van der Waals surface area (Å²) in [5.41, 5.74) is 7.41. The molecule has 0 unspecified atom stereocenters. The van der Waals surface area contributed by atoms with Gasteiger partial charge in [-0.05, 0) is 83.1 Å². The fraction of sp³-hybridized carbons (Fsp3) is 0.385. The van der Waals surface area contributed by atoms with Gasteiger partial charge >= 0.3 is 0 Å². The minimum atomic E-state index is -0.196. The quantitative estimate of drug-likeness (QED) is 0.442. The molecule has 1 fully saturated rings. The van der Waals surface area contributed by atoms with E-state index < -0.39 is 0 Å². The van der Waals surface area contributed by atoms with Crippen molar-refractivity contribution in [2.45, 2.75) is 53.4 Å². The molecule has 0 heterocycles. The van der Waals surface area contributed by atoms with Crippen molar-refractivity contribution in [3.8, 4) is 0 Å². The molecule has 0 spiro atoms. The number of hydrogen-bond donors (Lipinski definition) is 0. The van der Waals surface area contributed by atoms with Crippen LogP contribution in [0.25, 0.3) is 5.57 Å². The Labute approximate surface area is 163 Å². The van der Waals surface area contributed by atoms with Crippen LogP contribution in [0.15, 0.2) is 66.3 Å². The van der Waals surface area contributed by atoms with Crippen molar-refractivity contribution in [3.05, 3.63) is 88.8 Å². The fourth-order valence-corrected chi connectivity index (χ4v) is 4.22. The van der Waals surface area contributed by atoms with E-state index in [0.29, 0.717) is 5.92 Å². The minimum absolute atomic E-state index is 0.0143. The maximum absolute atomic E-state index is 13.7. The summed E-state index contributed by atoms with van der Waals surface area (Å²) in [6, 6.07) is 15.5. The highest BCUT2D eigenvalue weighted by atomic mass is 19.1. The Kier molecular flexibility index (Phi) is 5.69. The molecule has 3 rings (SSSR count). The molecule has 0 amide bonds. The highest BCUT2D eigenvalue weighted by Gasteiger charge is 2.35. The molecule has 0 bridgehead atoms. The molecule has 2 aromatic carbocycles. The standard InChI is InChI=1S/C26H31F/c1-6-17-26(4,5)25(19(3)20-11-12-20)24(21-13-15-22(27)16-14-21)23-10-8-7-9-18(23)2/h7-10,13-16,20H,3,6,11-12,17H2,1-2,4-5H3/b25-24+. The van der Waals surface area contributed by atoms with Gasteiger partial charge in [-0.15, -0.1) is 0 Å². The Morgan fingerprint density at radius 2 is 1.70 bits per heavy atom. The van der Waals surface area contributed by atoms with Gasteiger partial charge in [-0.25, -0.2) is 4.39 Å². The van der Waals surface area contributed by atoms with Crippen LogP contribution in [0.4, 0.5) is 4.39 Å². The molecule has 27 heavy (non-hydrogen) atoms. The van der Waals surface area contributed by atoms with Gasteiger partial charge in [-0.1, -0.05) is 70.2 Å². The predicted molar refractivity (Wildman–Crippen MR) is 114 cm³/mol. The van der Waals surface area contributed by atoms with E-state index in [1.807, 2.05) is 12.1 Å². The van der Waals surface area contributed by atoms with E-state index in [2.05, 4.69) is 58.5 Å². The molecule has 0 saturated heterocycles. The molecule has 1 heteroatoms. The predicted octanol–water partition coefficient (Wildman–Crippen LogP) is 7.73. The van der Waals surface area contributed by atoms with Crippen LogP contribution in [-0.2, 0) is 0 Å². The van der Waals surface area contributed by atoms with Crippen LogP contribution < -0.4 is 0 Å². The SMILES string of the molecule is C=C(/C(=C(/c1ccc(F)cc1)c1ccccc1C)C(C)(C)CCC)C1CC1. The summed E-state index contributed by atoms with van der Waals surface area (Å²) in [4.78, 5) is 0. The van der Waals surface area contributed by atoms with Gasteiger partial charge in [0.15, 0.2) is 0 Å². The van der Waals surface area contributed by atoms with Crippen molar-refractivity contribution < 1.29 is 4.39 Å². The first-order valence-corrected chi connectivity index (χ1v) is 10.1. The second-order valence-corrected chi connectivity index (χ2v) is 8.51. The second kappa shape index (κ2) is 7.84. The molecule has 0 nitrogen and oxygen atoms in total. The summed E-state index contributed by atoms with van der Waals surface area (Å²) >= 11 is 0. The van der Waals surface area contributed by atoms with Crippen LogP contribution in [0.5, 0.6) is 0 Å². The number of aryl methyl sites for hydroxylation is 1. The third-order valence-corrected chi connectivity index (χ3v) is 5.74. The van der Waals surface area contributed by atoms with Crippen molar-refractivity contribution in [1.82, 2.24) is 0 Å². The van der Waals surface area contributed by atoms with Crippen LogP contribution in [0.3, 0.4) is 0 Å². The molecule has 0 radical (unpaired) electrons. The minimum Gasteiger partial charge on any atom is -0.207 e. The van der Waals surface area contributed by atoms with Gasteiger partial charge in [0.1, 0.15) is 5.82 Å². The van der Waals surface area contributed by atoms with Crippen LogP contribution in [0.2, 0.25) is 0 Å². The highest BCUT2D eigenvalue weighted by molar-refractivity contribution is 5.86. The number of hydrogen-bond acceptors (Lipinski definition) is 0. The number of allylic oxidation sites excluding steroid dienone is 2. The van der Waals surface area contributed by atoms with Gasteiger partial charge in [-0.2, -0.15) is 0 Å². The van der Waals surface area contributed by atoms with E-state index in [-0.39, 0.29) is 11.2 Å². The molecule has 1 aliphatic rings. The number of benzene rings is 2. The molecule has 0 aromatic heterocycles. The molecule has 2 aromatic rings. The summed E-state index contributed by atoms with van der Waals surface area (Å²) in [5.74, 6) is 0.397. The lowest BCUT2D eigenvalue weighted by Gasteiger charge is -2.33. The van der Waals surface area contributed by atoms with Gasteiger partial charge in [-0.3, -0.25) is 0 Å². The van der Waals surface area contributed by atoms with Crippen LogP contribution in [0.1, 0.15) is 63.1 Å². The normalized spacial score (nSPS) is 15.4. The first kappa shape index (κ1) is 19.6. The van der Waals surface area contributed by atoms with Gasteiger partial charge in [0.25, 0.3) is 0 Å². The first-order chi connectivity index (χ1) is 12.8. The number of halogens is 1. The molecular weight excluding hydrogens is 331 g/mol. The smallest absolute Gasteiger partial charge is 0.123 e. The summed E-state index contributed by atoms with van der Waals surface area (Å²) in [7, 11) is 0. The fourth-order valence-electron chi connectivity index (χ4n) is 4.22. The first-order valence-electron chi connectivity index (χ1n) is 10.1. The zero-order valence-electron chi connectivity index (χ0n) is 17.1. The van der Waals surface area contributed by atoms with Gasteiger partial charge in [0, 0.05) is 0 Å². The molecule has 0 N–H and O–H groups in total. The van der Waals surface area contributed by atoms with E-state index in [0.717, 1.165) is 18.4 Å². The molecule has 0 aliphatic heterocycles. The maximum atomic E-state index is 13.7. The zero-order chi connectivity index (χ0) is 19.6. The van der Waals surface area contributed by atoms with Crippen molar-refractivity contribution in [2.75, 3.05) is 0 Å². The van der Waals surface area contributed by atoms with Gasteiger partial charge in [0.05, 0.1) is 0 Å². The summed E-state index contributed by atoms with van der Waals surface area (Å²) < 4.78 is 13.7. The Morgan fingerprint density at radius 1 is 1.07 bits per heavy atom.